The minimum atomic E-state index is -0.248. The summed E-state index contributed by atoms with van der Waals surface area (Å²) < 4.78 is 5.95. The van der Waals surface area contributed by atoms with Gasteiger partial charge in [-0.05, 0) is 59.1 Å². The van der Waals surface area contributed by atoms with Gasteiger partial charge in [0.25, 0.3) is 5.91 Å². The third kappa shape index (κ3) is 2.99. The number of nitrogens with one attached hydrogen (secondary N) is 1. The van der Waals surface area contributed by atoms with Gasteiger partial charge in [-0.3, -0.25) is 4.79 Å². The number of pyridine rings is 1. The Morgan fingerprint density at radius 3 is 2.75 bits per heavy atom. The van der Waals surface area contributed by atoms with Crippen LogP contribution in [0.25, 0.3) is 0 Å². The second-order valence-electron chi connectivity index (χ2n) is 4.45. The summed E-state index contributed by atoms with van der Waals surface area (Å²) in [5, 5.41) is 2.89. The Hall–Kier alpha value is -1.88. The van der Waals surface area contributed by atoms with Crippen LogP contribution in [0.1, 0.15) is 21.5 Å². The van der Waals surface area contributed by atoms with E-state index in [1.54, 1.807) is 18.3 Å². The van der Waals surface area contributed by atoms with E-state index in [4.69, 9.17) is 4.74 Å². The lowest BCUT2D eigenvalue weighted by Gasteiger charge is -2.12. The highest BCUT2D eigenvalue weighted by Gasteiger charge is 2.15. The van der Waals surface area contributed by atoms with Gasteiger partial charge < -0.3 is 10.1 Å². The quantitative estimate of drug-likeness (QED) is 0.930. The molecule has 20 heavy (non-hydrogen) atoms. The number of halogens is 1. The number of rotatable bonds is 3. The molecule has 0 spiro atoms. The number of nitrogens with zero attached hydrogens (tertiary/aromatic N) is 1. The molecule has 0 unspecified atom stereocenters. The van der Waals surface area contributed by atoms with Crippen LogP contribution in [0.15, 0.2) is 34.9 Å². The summed E-state index contributed by atoms with van der Waals surface area (Å²) in [6.07, 6.45) is 1.59. The zero-order chi connectivity index (χ0) is 14.7. The molecule has 104 valence electrons. The number of amides is 1. The van der Waals surface area contributed by atoms with E-state index in [1.807, 2.05) is 26.0 Å². The van der Waals surface area contributed by atoms with Gasteiger partial charge in [-0.1, -0.05) is 6.07 Å². The van der Waals surface area contributed by atoms with E-state index in [1.165, 1.54) is 7.11 Å². The molecule has 0 fully saturated rings. The van der Waals surface area contributed by atoms with Crippen molar-refractivity contribution in [2.75, 3.05) is 12.4 Å². The van der Waals surface area contributed by atoms with E-state index in [0.717, 1.165) is 21.3 Å². The fraction of sp³-hybridized carbons (Fsp3) is 0.200. The number of ether oxygens (including phenoxy) is 1. The molecule has 1 aromatic carbocycles. The van der Waals surface area contributed by atoms with E-state index in [2.05, 4.69) is 26.2 Å². The molecule has 0 saturated carbocycles. The summed E-state index contributed by atoms with van der Waals surface area (Å²) in [5.41, 5.74) is 3.28. The number of aromatic nitrogens is 1. The summed E-state index contributed by atoms with van der Waals surface area (Å²) in [6, 6.07) is 7.36. The number of carbonyl (C=O) groups is 1. The van der Waals surface area contributed by atoms with Crippen LogP contribution in [0, 0.1) is 13.8 Å². The lowest BCUT2D eigenvalue weighted by atomic mass is 10.1. The lowest BCUT2D eigenvalue weighted by molar-refractivity contribution is 0.102. The van der Waals surface area contributed by atoms with Crippen molar-refractivity contribution in [2.24, 2.45) is 0 Å². The normalized spacial score (nSPS) is 10.2. The fourth-order valence-electron chi connectivity index (χ4n) is 1.98. The SMILES string of the molecule is COc1ncccc1C(=O)Nc1c(C)cc(C)cc1Br. The van der Waals surface area contributed by atoms with Crippen molar-refractivity contribution in [3.8, 4) is 5.88 Å². The van der Waals surface area contributed by atoms with Crippen LogP contribution in [0.2, 0.25) is 0 Å². The smallest absolute Gasteiger partial charge is 0.261 e. The molecule has 4 nitrogen and oxygen atoms in total. The minimum Gasteiger partial charge on any atom is -0.480 e. The number of hydrogen-bond acceptors (Lipinski definition) is 3. The number of carbonyl (C=O) groups excluding carboxylic acids is 1. The third-order valence-electron chi connectivity index (χ3n) is 2.88. The Bertz CT molecular complexity index is 633. The lowest BCUT2D eigenvalue weighted by Crippen LogP contribution is -2.15. The largest absolute Gasteiger partial charge is 0.480 e. The number of methoxy groups -OCH3 is 1. The van der Waals surface area contributed by atoms with Gasteiger partial charge in [0.2, 0.25) is 5.88 Å². The van der Waals surface area contributed by atoms with Crippen molar-refractivity contribution in [2.45, 2.75) is 13.8 Å². The Morgan fingerprint density at radius 1 is 1.35 bits per heavy atom. The molecule has 0 aliphatic rings. The maximum Gasteiger partial charge on any atom is 0.261 e. The van der Waals surface area contributed by atoms with E-state index in [0.29, 0.717) is 11.4 Å². The van der Waals surface area contributed by atoms with E-state index < -0.39 is 0 Å². The van der Waals surface area contributed by atoms with Gasteiger partial charge in [0, 0.05) is 10.7 Å². The number of aryl methyl sites for hydroxylation is 2. The van der Waals surface area contributed by atoms with Crippen LogP contribution in [-0.2, 0) is 0 Å². The third-order valence-corrected chi connectivity index (χ3v) is 3.50. The summed E-state index contributed by atoms with van der Waals surface area (Å²) in [7, 11) is 1.49. The molecule has 2 aromatic rings. The average molecular weight is 335 g/mol. The molecule has 2 rings (SSSR count). The predicted molar refractivity (Wildman–Crippen MR) is 82.4 cm³/mol. The van der Waals surface area contributed by atoms with E-state index >= 15 is 0 Å². The zero-order valence-corrected chi connectivity index (χ0v) is 13.1. The second-order valence-corrected chi connectivity index (χ2v) is 5.31. The molecule has 1 aromatic heterocycles. The summed E-state index contributed by atoms with van der Waals surface area (Å²) in [6.45, 7) is 3.96. The number of anilines is 1. The molecular formula is C15H15BrN2O2. The highest BCUT2D eigenvalue weighted by Crippen LogP contribution is 2.28. The molecule has 1 amide bonds. The van der Waals surface area contributed by atoms with Gasteiger partial charge in [-0.15, -0.1) is 0 Å². The standard InChI is InChI=1S/C15H15BrN2O2/c1-9-7-10(2)13(12(16)8-9)18-14(19)11-5-4-6-17-15(11)20-3/h4-8H,1-3H3,(H,18,19). The van der Waals surface area contributed by atoms with Gasteiger partial charge in [0.15, 0.2) is 0 Å². The average Bonchev–Trinajstić information content (AvgIpc) is 2.42. The Morgan fingerprint density at radius 2 is 2.10 bits per heavy atom. The van der Waals surface area contributed by atoms with Gasteiger partial charge in [-0.25, -0.2) is 4.98 Å². The molecule has 0 bridgehead atoms. The molecule has 0 aliphatic carbocycles. The first-order chi connectivity index (χ1) is 9.52. The molecule has 1 heterocycles. The van der Waals surface area contributed by atoms with Gasteiger partial charge >= 0.3 is 0 Å². The summed E-state index contributed by atoms with van der Waals surface area (Å²) in [4.78, 5) is 16.4. The van der Waals surface area contributed by atoms with Crippen molar-refractivity contribution < 1.29 is 9.53 Å². The van der Waals surface area contributed by atoms with Crippen LogP contribution < -0.4 is 10.1 Å². The fourth-order valence-corrected chi connectivity index (χ4v) is 2.75. The number of hydrogen-bond donors (Lipinski definition) is 1. The van der Waals surface area contributed by atoms with Crippen LogP contribution in [-0.4, -0.2) is 18.0 Å². The minimum absolute atomic E-state index is 0.248. The maximum absolute atomic E-state index is 12.3. The van der Waals surface area contributed by atoms with Gasteiger partial charge in [0.05, 0.1) is 12.8 Å². The first kappa shape index (κ1) is 14.5. The first-order valence-electron chi connectivity index (χ1n) is 6.10. The number of benzene rings is 1. The molecule has 0 atom stereocenters. The van der Waals surface area contributed by atoms with Crippen molar-refractivity contribution in [3.05, 3.63) is 51.6 Å². The van der Waals surface area contributed by atoms with Crippen molar-refractivity contribution in [3.63, 3.8) is 0 Å². The van der Waals surface area contributed by atoms with Gasteiger partial charge in [0.1, 0.15) is 5.56 Å². The predicted octanol–water partition coefficient (Wildman–Crippen LogP) is 3.72. The maximum atomic E-state index is 12.3. The van der Waals surface area contributed by atoms with Crippen LogP contribution >= 0.6 is 15.9 Å². The topological polar surface area (TPSA) is 51.2 Å². The highest BCUT2D eigenvalue weighted by molar-refractivity contribution is 9.10. The zero-order valence-electron chi connectivity index (χ0n) is 11.5. The Balaban J connectivity index is 2.33. The second kappa shape index (κ2) is 6.05. The summed E-state index contributed by atoms with van der Waals surface area (Å²) in [5.74, 6) is 0.0634. The van der Waals surface area contributed by atoms with Crippen molar-refractivity contribution >= 4 is 27.5 Å². The molecule has 1 N–H and O–H groups in total. The highest BCUT2D eigenvalue weighted by atomic mass is 79.9. The van der Waals surface area contributed by atoms with Crippen molar-refractivity contribution in [1.82, 2.24) is 4.98 Å². The van der Waals surface area contributed by atoms with Crippen LogP contribution in [0.5, 0.6) is 5.88 Å². The Labute approximate surface area is 126 Å². The van der Waals surface area contributed by atoms with Gasteiger partial charge in [-0.2, -0.15) is 0 Å². The molecule has 5 heteroatoms. The van der Waals surface area contributed by atoms with Crippen molar-refractivity contribution in [1.29, 1.82) is 0 Å². The van der Waals surface area contributed by atoms with Crippen LogP contribution in [0.4, 0.5) is 5.69 Å². The van der Waals surface area contributed by atoms with E-state index in [9.17, 15) is 4.79 Å². The summed E-state index contributed by atoms with van der Waals surface area (Å²) >= 11 is 3.47. The Kier molecular flexibility index (Phi) is 4.39. The molecule has 0 aliphatic heterocycles. The van der Waals surface area contributed by atoms with Crippen LogP contribution in [0.3, 0.4) is 0 Å². The molecule has 0 saturated heterocycles. The monoisotopic (exact) mass is 334 g/mol. The van der Waals surface area contributed by atoms with E-state index in [-0.39, 0.29) is 5.91 Å². The first-order valence-corrected chi connectivity index (χ1v) is 6.89. The molecular weight excluding hydrogens is 320 g/mol. The molecule has 0 radical (unpaired) electrons.